The van der Waals surface area contributed by atoms with E-state index in [0.717, 1.165) is 19.5 Å². The van der Waals surface area contributed by atoms with Crippen molar-refractivity contribution in [3.05, 3.63) is 0 Å². The molecule has 112 valence electrons. The number of nitrogens with one attached hydrogen (secondary N) is 1. The molecule has 0 spiro atoms. The van der Waals surface area contributed by atoms with Crippen molar-refractivity contribution >= 4 is 17.8 Å². The summed E-state index contributed by atoms with van der Waals surface area (Å²) >= 11 is 0. The maximum atomic E-state index is 12.6. The molecule has 2 aliphatic heterocycles. The third kappa shape index (κ3) is 2.32. The van der Waals surface area contributed by atoms with Gasteiger partial charge in [-0.05, 0) is 38.8 Å². The van der Waals surface area contributed by atoms with Gasteiger partial charge in [0.15, 0.2) is 0 Å². The van der Waals surface area contributed by atoms with Crippen molar-refractivity contribution in [2.45, 2.75) is 33.1 Å². The van der Waals surface area contributed by atoms with Crippen molar-refractivity contribution in [2.75, 3.05) is 26.7 Å². The molecule has 0 saturated carbocycles. The third-order valence-corrected chi connectivity index (χ3v) is 4.69. The van der Waals surface area contributed by atoms with Gasteiger partial charge in [0.1, 0.15) is 5.41 Å². The van der Waals surface area contributed by atoms with Crippen molar-refractivity contribution in [3.63, 3.8) is 0 Å². The van der Waals surface area contributed by atoms with Gasteiger partial charge in [0.05, 0.1) is 0 Å². The fraction of sp³-hybridized carbons (Fsp3) is 0.786. The van der Waals surface area contributed by atoms with E-state index in [1.54, 1.807) is 0 Å². The molecule has 6 nitrogen and oxygen atoms in total. The van der Waals surface area contributed by atoms with Crippen molar-refractivity contribution < 1.29 is 14.4 Å². The number of likely N-dealkylation sites (tertiary alicyclic amines) is 1. The van der Waals surface area contributed by atoms with Gasteiger partial charge in [-0.25, -0.2) is 4.79 Å². The molecule has 2 rings (SSSR count). The zero-order chi connectivity index (χ0) is 14.9. The second kappa shape index (κ2) is 5.52. The second-order valence-electron chi connectivity index (χ2n) is 5.88. The summed E-state index contributed by atoms with van der Waals surface area (Å²) in [7, 11) is 2.03. The number of hydrogen-bond donors (Lipinski definition) is 1. The van der Waals surface area contributed by atoms with Gasteiger partial charge in [0, 0.05) is 13.1 Å². The van der Waals surface area contributed by atoms with Crippen LogP contribution in [-0.4, -0.2) is 54.3 Å². The van der Waals surface area contributed by atoms with E-state index in [1.165, 1.54) is 4.90 Å². The van der Waals surface area contributed by atoms with Crippen LogP contribution in [0.3, 0.4) is 0 Å². The highest BCUT2D eigenvalue weighted by molar-refractivity contribution is 6.19. The molecule has 0 aliphatic carbocycles. The molecule has 2 heterocycles. The predicted octanol–water partition coefficient (Wildman–Crippen LogP) is 0.823. The quantitative estimate of drug-likeness (QED) is 0.775. The number of carbonyl (C=O) groups excluding carboxylic acids is 3. The first-order valence-corrected chi connectivity index (χ1v) is 7.30. The Labute approximate surface area is 119 Å². The molecule has 1 N–H and O–H groups in total. The van der Waals surface area contributed by atoms with Crippen LogP contribution in [0.5, 0.6) is 0 Å². The van der Waals surface area contributed by atoms with Gasteiger partial charge in [-0.15, -0.1) is 0 Å². The Morgan fingerprint density at radius 2 is 1.90 bits per heavy atom. The summed E-state index contributed by atoms with van der Waals surface area (Å²) in [6.45, 7) is 5.91. The van der Waals surface area contributed by atoms with Crippen LogP contribution < -0.4 is 5.32 Å². The number of barbiturate groups is 1. The van der Waals surface area contributed by atoms with Gasteiger partial charge < -0.3 is 4.90 Å². The minimum atomic E-state index is -1.07. The van der Waals surface area contributed by atoms with Crippen LogP contribution in [0, 0.1) is 11.3 Å². The van der Waals surface area contributed by atoms with Gasteiger partial charge in [-0.3, -0.25) is 19.8 Å². The van der Waals surface area contributed by atoms with E-state index in [9.17, 15) is 14.4 Å². The molecule has 0 radical (unpaired) electrons. The van der Waals surface area contributed by atoms with Gasteiger partial charge in [-0.1, -0.05) is 13.8 Å². The van der Waals surface area contributed by atoms with E-state index in [4.69, 9.17) is 0 Å². The predicted molar refractivity (Wildman–Crippen MR) is 73.9 cm³/mol. The second-order valence-corrected chi connectivity index (χ2v) is 5.88. The average Bonchev–Trinajstić information content (AvgIpc) is 2.82. The fourth-order valence-corrected chi connectivity index (χ4v) is 3.20. The van der Waals surface area contributed by atoms with E-state index in [0.29, 0.717) is 25.3 Å². The van der Waals surface area contributed by atoms with Gasteiger partial charge in [0.25, 0.3) is 0 Å². The summed E-state index contributed by atoms with van der Waals surface area (Å²) in [5.41, 5.74) is -1.07. The van der Waals surface area contributed by atoms with Crippen LogP contribution in [0.4, 0.5) is 4.79 Å². The molecule has 1 atom stereocenters. The Morgan fingerprint density at radius 1 is 1.25 bits per heavy atom. The zero-order valence-electron chi connectivity index (χ0n) is 12.4. The molecule has 2 aliphatic rings. The van der Waals surface area contributed by atoms with Crippen molar-refractivity contribution in [2.24, 2.45) is 11.3 Å². The summed E-state index contributed by atoms with van der Waals surface area (Å²) in [6.07, 6.45) is 1.82. The number of imide groups is 2. The van der Waals surface area contributed by atoms with E-state index >= 15 is 0 Å². The molecular weight excluding hydrogens is 258 g/mol. The van der Waals surface area contributed by atoms with Gasteiger partial charge in [-0.2, -0.15) is 0 Å². The Balaban J connectivity index is 2.17. The number of hydrogen-bond acceptors (Lipinski definition) is 4. The average molecular weight is 281 g/mol. The first kappa shape index (κ1) is 15.0. The van der Waals surface area contributed by atoms with E-state index < -0.39 is 17.4 Å². The Hall–Kier alpha value is -1.43. The maximum absolute atomic E-state index is 12.6. The molecular formula is C14H23N3O3. The van der Waals surface area contributed by atoms with Crippen molar-refractivity contribution in [1.29, 1.82) is 0 Å². The van der Waals surface area contributed by atoms with Crippen LogP contribution in [-0.2, 0) is 9.59 Å². The summed E-state index contributed by atoms with van der Waals surface area (Å²) in [4.78, 5) is 40.1. The first-order valence-electron chi connectivity index (χ1n) is 7.30. The molecule has 0 bridgehead atoms. The van der Waals surface area contributed by atoms with Crippen LogP contribution in [0.15, 0.2) is 0 Å². The van der Waals surface area contributed by atoms with Crippen LogP contribution in [0.2, 0.25) is 0 Å². The van der Waals surface area contributed by atoms with Crippen molar-refractivity contribution in [1.82, 2.24) is 15.1 Å². The maximum Gasteiger partial charge on any atom is 0.330 e. The highest BCUT2D eigenvalue weighted by atomic mass is 16.2. The molecule has 0 aromatic rings. The summed E-state index contributed by atoms with van der Waals surface area (Å²) in [5.74, 6) is -0.475. The zero-order valence-corrected chi connectivity index (χ0v) is 12.4. The van der Waals surface area contributed by atoms with Gasteiger partial charge >= 0.3 is 6.03 Å². The van der Waals surface area contributed by atoms with E-state index in [2.05, 4.69) is 10.2 Å². The highest BCUT2D eigenvalue weighted by Crippen LogP contribution is 2.33. The third-order valence-electron chi connectivity index (χ3n) is 4.69. The molecule has 2 saturated heterocycles. The lowest BCUT2D eigenvalue weighted by Gasteiger charge is -2.39. The fourth-order valence-electron chi connectivity index (χ4n) is 3.20. The Morgan fingerprint density at radius 3 is 2.40 bits per heavy atom. The monoisotopic (exact) mass is 281 g/mol. The summed E-state index contributed by atoms with van der Waals surface area (Å²) in [6, 6.07) is -0.563. The largest absolute Gasteiger partial charge is 0.330 e. The van der Waals surface area contributed by atoms with E-state index in [1.807, 2.05) is 20.9 Å². The smallest absolute Gasteiger partial charge is 0.306 e. The molecule has 2 fully saturated rings. The Kier molecular flexibility index (Phi) is 4.13. The molecule has 4 amide bonds. The highest BCUT2D eigenvalue weighted by Gasteiger charge is 2.51. The topological polar surface area (TPSA) is 69.7 Å². The molecule has 1 unspecified atom stereocenters. The van der Waals surface area contributed by atoms with Gasteiger partial charge in [0.2, 0.25) is 11.8 Å². The van der Waals surface area contributed by atoms with Crippen LogP contribution in [0.1, 0.15) is 33.1 Å². The lowest BCUT2D eigenvalue weighted by molar-refractivity contribution is -0.152. The minimum Gasteiger partial charge on any atom is -0.306 e. The number of carbonyl (C=O) groups is 3. The first-order chi connectivity index (χ1) is 9.44. The molecule has 6 heteroatoms. The minimum absolute atomic E-state index is 0.300. The number of amides is 4. The molecule has 0 aromatic heterocycles. The lowest BCUT2D eigenvalue weighted by atomic mass is 9.78. The summed E-state index contributed by atoms with van der Waals surface area (Å²) < 4.78 is 0. The SMILES string of the molecule is CCC1(CC)C(=O)NC(=O)N(CC2CCN(C)C2)C1=O. The lowest BCUT2D eigenvalue weighted by Crippen LogP contribution is -2.64. The number of rotatable bonds is 4. The van der Waals surface area contributed by atoms with E-state index in [-0.39, 0.29) is 5.91 Å². The number of urea groups is 1. The number of nitrogens with zero attached hydrogens (tertiary/aromatic N) is 2. The normalized spacial score (nSPS) is 27.1. The van der Waals surface area contributed by atoms with Crippen LogP contribution in [0.25, 0.3) is 0 Å². The molecule has 0 aromatic carbocycles. The summed E-state index contributed by atoms with van der Waals surface area (Å²) in [5, 5.41) is 2.35. The Bertz CT molecular complexity index is 431. The van der Waals surface area contributed by atoms with Crippen molar-refractivity contribution in [3.8, 4) is 0 Å². The molecule has 20 heavy (non-hydrogen) atoms. The van der Waals surface area contributed by atoms with Crippen LogP contribution >= 0.6 is 0 Å². The standard InChI is InChI=1S/C14H23N3O3/c1-4-14(5-2)11(18)15-13(20)17(12(14)19)9-10-6-7-16(3)8-10/h10H,4-9H2,1-3H3,(H,15,18,20).